The zero-order valence-electron chi connectivity index (χ0n) is 18.6. The molecule has 0 aliphatic heterocycles. The summed E-state index contributed by atoms with van der Waals surface area (Å²) in [6, 6.07) is 2.80. The molecule has 0 aromatic carbocycles. The van der Waals surface area contributed by atoms with Gasteiger partial charge in [-0.1, -0.05) is 77.3 Å². The molecule has 1 radical (unpaired) electrons. The Hall–Kier alpha value is 0.481. The first kappa shape index (κ1) is 28.7. The summed E-state index contributed by atoms with van der Waals surface area (Å²) in [4.78, 5) is 0. The normalized spacial score (nSPS) is 15.2. The van der Waals surface area contributed by atoms with Crippen LogP contribution in [0.5, 0.6) is 0 Å². The molecule has 4 heteroatoms. The largest absolute Gasteiger partial charge is 0.270 e. The minimum Gasteiger partial charge on any atom is -0.270 e. The summed E-state index contributed by atoms with van der Waals surface area (Å²) in [6.45, 7) is 19.0. The van der Waals surface area contributed by atoms with E-state index in [0.717, 1.165) is 22.4 Å². The van der Waals surface area contributed by atoms with E-state index in [1.54, 1.807) is 0 Å². The maximum absolute atomic E-state index is 3.36. The molecule has 2 rings (SSSR count). The number of rotatable bonds is 6. The van der Waals surface area contributed by atoms with Crippen molar-refractivity contribution >= 4 is 25.7 Å². The predicted octanol–water partition coefficient (Wildman–Crippen LogP) is 7.32. The fourth-order valence-corrected chi connectivity index (χ4v) is 4.30. The van der Waals surface area contributed by atoms with Crippen molar-refractivity contribution in [3.05, 3.63) is 47.6 Å². The zero-order valence-corrected chi connectivity index (χ0v) is 25.4. The van der Waals surface area contributed by atoms with Crippen molar-refractivity contribution in [2.24, 2.45) is 0 Å². The van der Waals surface area contributed by atoms with Crippen molar-refractivity contribution < 1.29 is 25.8 Å². The van der Waals surface area contributed by atoms with Crippen LogP contribution < -0.4 is 0 Å². The van der Waals surface area contributed by atoms with E-state index in [0.29, 0.717) is 0 Å². The van der Waals surface area contributed by atoms with E-state index in [1.165, 1.54) is 36.1 Å². The van der Waals surface area contributed by atoms with Crippen LogP contribution in [-0.4, -0.2) is 25.7 Å². The first-order valence-electron chi connectivity index (χ1n) is 9.84. The third-order valence-electron chi connectivity index (χ3n) is 3.82. The topological polar surface area (TPSA) is 0 Å². The quantitative estimate of drug-likeness (QED) is 0.233. The molecule has 0 unspecified atom stereocenters. The van der Waals surface area contributed by atoms with Gasteiger partial charge in [-0.25, -0.2) is 23.3 Å². The van der Waals surface area contributed by atoms with E-state index in [9.17, 15) is 0 Å². The Morgan fingerprint density at radius 1 is 0.769 bits per heavy atom. The molecular formula is C22H41HfSi3-2. The Morgan fingerprint density at radius 3 is 1.27 bits per heavy atom. The Labute approximate surface area is 188 Å². The molecule has 0 aromatic heterocycles. The Bertz CT molecular complexity index is 431. The van der Waals surface area contributed by atoms with Gasteiger partial charge in [-0.3, -0.25) is 12.2 Å². The molecule has 0 saturated carbocycles. The van der Waals surface area contributed by atoms with Gasteiger partial charge in [-0.15, -0.1) is 12.8 Å². The van der Waals surface area contributed by atoms with Crippen molar-refractivity contribution in [1.82, 2.24) is 0 Å². The van der Waals surface area contributed by atoms with Crippen LogP contribution in [0.15, 0.2) is 35.5 Å². The molecule has 0 heterocycles. The molecule has 2 aliphatic rings. The van der Waals surface area contributed by atoms with Gasteiger partial charge in [0.15, 0.2) is 0 Å². The van der Waals surface area contributed by atoms with Crippen LogP contribution in [0.3, 0.4) is 0 Å². The van der Waals surface area contributed by atoms with E-state index in [4.69, 9.17) is 0 Å². The van der Waals surface area contributed by atoms with Gasteiger partial charge in [0.25, 0.3) is 0 Å². The summed E-state index contributed by atoms with van der Waals surface area (Å²) in [5.74, 6) is 0. The molecule has 0 aromatic rings. The zero-order chi connectivity index (χ0) is 19.3. The second-order valence-electron chi connectivity index (χ2n) is 9.32. The Balaban J connectivity index is 0. The number of hydrogen-bond acceptors (Lipinski definition) is 0. The summed E-state index contributed by atoms with van der Waals surface area (Å²) >= 11 is 0. The first-order chi connectivity index (χ1) is 11.6. The van der Waals surface area contributed by atoms with Gasteiger partial charge in [0.05, 0.1) is 0 Å². The maximum atomic E-state index is 3.36. The van der Waals surface area contributed by atoms with Gasteiger partial charge < -0.3 is 0 Å². The van der Waals surface area contributed by atoms with Gasteiger partial charge in [0, 0.05) is 51.5 Å². The van der Waals surface area contributed by atoms with Gasteiger partial charge in [0.2, 0.25) is 0 Å². The van der Waals surface area contributed by atoms with Gasteiger partial charge >= 0.3 is 0 Å². The first-order valence-corrected chi connectivity index (χ1v) is 19.6. The molecule has 0 amide bonds. The summed E-state index contributed by atoms with van der Waals surface area (Å²) < 4.78 is 0. The molecule has 0 spiro atoms. The summed E-state index contributed by atoms with van der Waals surface area (Å²) in [7, 11) is -0.889. The molecular weight excluding hydrogens is 527 g/mol. The van der Waals surface area contributed by atoms with Crippen molar-refractivity contribution in [3.63, 3.8) is 0 Å². The fraction of sp³-hybridized carbons (Fsp3) is 0.636. The minimum absolute atomic E-state index is 0. The van der Waals surface area contributed by atoms with E-state index in [1.807, 2.05) is 0 Å². The predicted molar refractivity (Wildman–Crippen MR) is 125 cm³/mol. The van der Waals surface area contributed by atoms with Crippen LogP contribution >= 0.6 is 0 Å². The van der Waals surface area contributed by atoms with Crippen LogP contribution in [0.1, 0.15) is 25.7 Å². The monoisotopic (exact) mass is 569 g/mol. The van der Waals surface area contributed by atoms with Gasteiger partial charge in [-0.05, 0) is 0 Å². The van der Waals surface area contributed by atoms with E-state index < -0.39 is 16.1 Å². The molecule has 2 aliphatic carbocycles. The molecule has 0 atom stereocenters. The van der Waals surface area contributed by atoms with E-state index in [2.05, 4.69) is 88.8 Å². The molecule has 0 N–H and O–H groups in total. The van der Waals surface area contributed by atoms with Crippen LogP contribution in [0.4, 0.5) is 0 Å². The van der Waals surface area contributed by atoms with Crippen molar-refractivity contribution in [3.8, 4) is 0 Å². The fourth-order valence-electron chi connectivity index (χ4n) is 2.26. The van der Waals surface area contributed by atoms with Crippen LogP contribution in [-0.2, 0) is 25.8 Å². The Morgan fingerprint density at radius 2 is 1.08 bits per heavy atom. The molecule has 147 valence electrons. The minimum atomic E-state index is -0.819. The molecule has 0 saturated heterocycles. The number of allylic oxidation sites excluding steroid dienone is 8. The van der Waals surface area contributed by atoms with Crippen LogP contribution in [0.2, 0.25) is 64.5 Å². The number of hydrogen-bond donors (Lipinski definition) is 0. The third-order valence-corrected chi connectivity index (χ3v) is 7.32. The second kappa shape index (κ2) is 15.4. The third kappa shape index (κ3) is 19.2. The molecule has 0 nitrogen and oxygen atoms in total. The Kier molecular flexibility index (Phi) is 17.0. The standard InChI is InChI=1S/2C10H17Si.C2H7Si.Hf/c2*1-11(2,3)9-8-10-6-4-5-7-10;1-3-2;/h2*4,6H,5,8-9H2,1-3H3;3H,1-2H3;/q2*-1;;. The molecule has 0 bridgehead atoms. The van der Waals surface area contributed by atoms with Crippen molar-refractivity contribution in [2.45, 2.75) is 90.1 Å². The second-order valence-corrected chi connectivity index (χ2v) is 21.7. The van der Waals surface area contributed by atoms with Crippen LogP contribution in [0.25, 0.3) is 0 Å². The molecule has 0 fully saturated rings. The van der Waals surface area contributed by atoms with E-state index in [-0.39, 0.29) is 25.8 Å². The van der Waals surface area contributed by atoms with Crippen molar-refractivity contribution in [2.75, 3.05) is 0 Å². The average molecular weight is 568 g/mol. The smallest absolute Gasteiger partial charge is 0.0444 e. The summed E-state index contributed by atoms with van der Waals surface area (Å²) in [5.41, 5.74) is 2.87. The van der Waals surface area contributed by atoms with Gasteiger partial charge in [-0.2, -0.15) is 12.2 Å². The average Bonchev–Trinajstić information content (AvgIpc) is 3.17. The SMILES string of the molecule is C[SiH]C.C[Si](C)(C)CCC1=[C-]CC=C1.C[Si](C)(C)CCC1=[C-]CC=C1.[Hf]. The van der Waals surface area contributed by atoms with Crippen LogP contribution in [0, 0.1) is 12.2 Å². The summed E-state index contributed by atoms with van der Waals surface area (Å²) in [5, 5.41) is 0. The molecule has 26 heavy (non-hydrogen) atoms. The van der Waals surface area contributed by atoms with E-state index >= 15 is 0 Å². The van der Waals surface area contributed by atoms with Crippen molar-refractivity contribution in [1.29, 1.82) is 0 Å². The summed E-state index contributed by atoms with van der Waals surface area (Å²) in [6.07, 6.45) is 20.1. The maximum Gasteiger partial charge on any atom is 0.0444 e. The van der Waals surface area contributed by atoms with Gasteiger partial charge in [0.1, 0.15) is 0 Å².